The van der Waals surface area contributed by atoms with Gasteiger partial charge in [0.25, 0.3) is 5.89 Å². The first kappa shape index (κ1) is 24.7. The lowest BCUT2D eigenvalue weighted by Gasteiger charge is -2.21. The Labute approximate surface area is 216 Å². The number of carbonyl (C=O) groups is 1. The average Bonchev–Trinajstić information content (AvgIpc) is 3.41. The summed E-state index contributed by atoms with van der Waals surface area (Å²) in [6.45, 7) is 7.81. The van der Waals surface area contributed by atoms with E-state index < -0.39 is 0 Å². The SMILES string of the molecule is Cc1noc(C)c1-c1nc(CN2CCCN(C(=O)Cc3ccc(OCc4ccccc4)cc3)CC2)no1. The van der Waals surface area contributed by atoms with Gasteiger partial charge in [0.2, 0.25) is 5.91 Å². The molecule has 1 fully saturated rings. The number of aryl methyl sites for hydroxylation is 2. The van der Waals surface area contributed by atoms with Crippen LogP contribution in [0, 0.1) is 13.8 Å². The second kappa shape index (κ2) is 11.4. The lowest BCUT2D eigenvalue weighted by atomic mass is 10.1. The largest absolute Gasteiger partial charge is 0.489 e. The van der Waals surface area contributed by atoms with Gasteiger partial charge in [-0.05, 0) is 43.5 Å². The molecule has 0 radical (unpaired) electrons. The molecule has 0 spiro atoms. The zero-order chi connectivity index (χ0) is 25.6. The van der Waals surface area contributed by atoms with Crippen LogP contribution >= 0.6 is 0 Å². The third kappa shape index (κ3) is 6.24. The van der Waals surface area contributed by atoms with E-state index in [1.807, 2.05) is 73.3 Å². The second-order valence-electron chi connectivity index (χ2n) is 9.32. The Kier molecular flexibility index (Phi) is 7.60. The fraction of sp³-hybridized carbons (Fsp3) is 0.357. The molecule has 2 aromatic heterocycles. The highest BCUT2D eigenvalue weighted by Crippen LogP contribution is 2.25. The van der Waals surface area contributed by atoms with Crippen LogP contribution < -0.4 is 4.74 Å². The summed E-state index contributed by atoms with van der Waals surface area (Å²) in [5.74, 6) is 2.63. The lowest BCUT2D eigenvalue weighted by molar-refractivity contribution is -0.130. The maximum absolute atomic E-state index is 13.0. The van der Waals surface area contributed by atoms with E-state index in [0.717, 1.165) is 54.2 Å². The molecule has 0 bridgehead atoms. The van der Waals surface area contributed by atoms with Crippen molar-refractivity contribution >= 4 is 5.91 Å². The first-order valence-electron chi connectivity index (χ1n) is 12.6. The number of benzene rings is 2. The van der Waals surface area contributed by atoms with Crippen molar-refractivity contribution in [1.82, 2.24) is 25.1 Å². The van der Waals surface area contributed by atoms with Gasteiger partial charge in [0.15, 0.2) is 5.82 Å². The van der Waals surface area contributed by atoms with Crippen LogP contribution in [0.1, 0.15) is 34.8 Å². The van der Waals surface area contributed by atoms with E-state index in [0.29, 0.717) is 43.6 Å². The lowest BCUT2D eigenvalue weighted by Crippen LogP contribution is -2.36. The highest BCUT2D eigenvalue weighted by Gasteiger charge is 2.22. The fourth-order valence-electron chi connectivity index (χ4n) is 4.52. The quantitative estimate of drug-likeness (QED) is 0.354. The highest BCUT2D eigenvalue weighted by molar-refractivity contribution is 5.78. The third-order valence-corrected chi connectivity index (χ3v) is 6.55. The van der Waals surface area contributed by atoms with Crippen LogP contribution in [0.15, 0.2) is 63.6 Å². The minimum absolute atomic E-state index is 0.139. The second-order valence-corrected chi connectivity index (χ2v) is 9.32. The van der Waals surface area contributed by atoms with Crippen molar-refractivity contribution in [3.8, 4) is 17.2 Å². The van der Waals surface area contributed by atoms with Gasteiger partial charge in [-0.2, -0.15) is 4.98 Å². The van der Waals surface area contributed by atoms with E-state index in [9.17, 15) is 4.79 Å². The zero-order valence-corrected chi connectivity index (χ0v) is 21.2. The molecule has 37 heavy (non-hydrogen) atoms. The first-order chi connectivity index (χ1) is 18.0. The van der Waals surface area contributed by atoms with Crippen molar-refractivity contribution in [1.29, 1.82) is 0 Å². The Morgan fingerprint density at radius 1 is 0.919 bits per heavy atom. The number of hydrogen-bond donors (Lipinski definition) is 0. The Morgan fingerprint density at radius 3 is 2.49 bits per heavy atom. The molecule has 3 heterocycles. The number of rotatable bonds is 8. The summed E-state index contributed by atoms with van der Waals surface area (Å²) in [6, 6.07) is 17.9. The fourth-order valence-corrected chi connectivity index (χ4v) is 4.52. The molecule has 0 saturated carbocycles. The van der Waals surface area contributed by atoms with Crippen molar-refractivity contribution in [3.63, 3.8) is 0 Å². The van der Waals surface area contributed by atoms with Crippen LogP contribution in [0.2, 0.25) is 0 Å². The van der Waals surface area contributed by atoms with Crippen molar-refractivity contribution in [2.75, 3.05) is 26.2 Å². The summed E-state index contributed by atoms with van der Waals surface area (Å²) in [7, 11) is 0. The predicted octanol–water partition coefficient (Wildman–Crippen LogP) is 4.20. The topological polar surface area (TPSA) is 97.7 Å². The Morgan fingerprint density at radius 2 is 1.73 bits per heavy atom. The van der Waals surface area contributed by atoms with Gasteiger partial charge < -0.3 is 18.7 Å². The van der Waals surface area contributed by atoms with Crippen molar-refractivity contribution in [2.45, 2.75) is 39.8 Å². The van der Waals surface area contributed by atoms with Gasteiger partial charge in [-0.15, -0.1) is 0 Å². The molecule has 2 aromatic carbocycles. The summed E-state index contributed by atoms with van der Waals surface area (Å²) in [5, 5.41) is 8.09. The van der Waals surface area contributed by atoms with Crippen LogP contribution in [-0.4, -0.2) is 57.2 Å². The standard InChI is InChI=1S/C28H31N5O4/c1-20-27(21(2)36-30-20)28-29-25(31-37-28)18-32-13-6-14-33(16-15-32)26(34)17-22-9-11-24(12-10-22)35-19-23-7-4-3-5-8-23/h3-5,7-12H,6,13-19H2,1-2H3. The number of hydrogen-bond acceptors (Lipinski definition) is 8. The van der Waals surface area contributed by atoms with Crippen molar-refractivity contribution in [2.24, 2.45) is 0 Å². The maximum Gasteiger partial charge on any atom is 0.263 e. The minimum atomic E-state index is 0.139. The van der Waals surface area contributed by atoms with E-state index in [-0.39, 0.29) is 5.91 Å². The monoisotopic (exact) mass is 501 g/mol. The van der Waals surface area contributed by atoms with Crippen LogP contribution in [0.25, 0.3) is 11.5 Å². The van der Waals surface area contributed by atoms with Crippen LogP contribution in [0.3, 0.4) is 0 Å². The Hall–Kier alpha value is -3.98. The molecule has 4 aromatic rings. The number of ether oxygens (including phenoxy) is 1. The molecule has 9 nitrogen and oxygen atoms in total. The normalized spacial score (nSPS) is 14.5. The summed E-state index contributed by atoms with van der Waals surface area (Å²) in [6.07, 6.45) is 1.27. The molecule has 192 valence electrons. The first-order valence-corrected chi connectivity index (χ1v) is 12.6. The van der Waals surface area contributed by atoms with E-state index in [2.05, 4.69) is 20.2 Å². The maximum atomic E-state index is 13.0. The van der Waals surface area contributed by atoms with Gasteiger partial charge in [-0.1, -0.05) is 52.8 Å². The number of amides is 1. The molecule has 1 saturated heterocycles. The Bertz CT molecular complexity index is 1300. The summed E-state index contributed by atoms with van der Waals surface area (Å²) in [4.78, 5) is 21.7. The molecule has 5 rings (SSSR count). The van der Waals surface area contributed by atoms with Crippen molar-refractivity contribution < 1.29 is 18.6 Å². The molecule has 0 N–H and O–H groups in total. The van der Waals surface area contributed by atoms with E-state index in [4.69, 9.17) is 13.8 Å². The molecule has 1 aliphatic rings. The molecule has 0 atom stereocenters. The van der Waals surface area contributed by atoms with Crippen LogP contribution in [-0.2, 0) is 24.4 Å². The molecule has 1 aliphatic heterocycles. The smallest absolute Gasteiger partial charge is 0.263 e. The minimum Gasteiger partial charge on any atom is -0.489 e. The summed E-state index contributed by atoms with van der Waals surface area (Å²) in [5.41, 5.74) is 3.59. The van der Waals surface area contributed by atoms with Gasteiger partial charge in [-0.3, -0.25) is 9.69 Å². The van der Waals surface area contributed by atoms with Crippen LogP contribution in [0.5, 0.6) is 5.75 Å². The molecule has 9 heteroatoms. The molecule has 1 amide bonds. The number of nitrogens with zero attached hydrogens (tertiary/aromatic N) is 5. The zero-order valence-electron chi connectivity index (χ0n) is 21.2. The average molecular weight is 502 g/mol. The van der Waals surface area contributed by atoms with E-state index >= 15 is 0 Å². The van der Waals surface area contributed by atoms with Gasteiger partial charge in [0, 0.05) is 26.2 Å². The van der Waals surface area contributed by atoms with Crippen LogP contribution in [0.4, 0.5) is 0 Å². The van der Waals surface area contributed by atoms with Gasteiger partial charge in [0.05, 0.1) is 18.7 Å². The van der Waals surface area contributed by atoms with E-state index in [1.165, 1.54) is 0 Å². The molecule has 0 unspecified atom stereocenters. The van der Waals surface area contributed by atoms with Gasteiger partial charge >= 0.3 is 0 Å². The van der Waals surface area contributed by atoms with Crippen molar-refractivity contribution in [3.05, 3.63) is 83.0 Å². The Balaban J connectivity index is 1.10. The molecular formula is C28H31N5O4. The highest BCUT2D eigenvalue weighted by atomic mass is 16.5. The molecular weight excluding hydrogens is 470 g/mol. The number of aromatic nitrogens is 3. The number of carbonyl (C=O) groups excluding carboxylic acids is 1. The third-order valence-electron chi connectivity index (χ3n) is 6.55. The van der Waals surface area contributed by atoms with E-state index in [1.54, 1.807) is 0 Å². The van der Waals surface area contributed by atoms with Gasteiger partial charge in [-0.25, -0.2) is 0 Å². The summed E-state index contributed by atoms with van der Waals surface area (Å²) < 4.78 is 16.5. The van der Waals surface area contributed by atoms with Gasteiger partial charge in [0.1, 0.15) is 23.7 Å². The molecule has 0 aliphatic carbocycles. The summed E-state index contributed by atoms with van der Waals surface area (Å²) >= 11 is 0. The predicted molar refractivity (Wildman–Crippen MR) is 137 cm³/mol.